The number of ether oxygens (including phenoxy) is 2. The number of carbonyl (C=O) groups is 2. The molecule has 0 radical (unpaired) electrons. The molecule has 2 aromatic carbocycles. The van der Waals surface area contributed by atoms with Crippen molar-refractivity contribution in [2.24, 2.45) is 300 Å². The predicted molar refractivity (Wildman–Crippen MR) is 375 cm³/mol. The second-order valence-electron chi connectivity index (χ2n) is 45.5. The van der Waals surface area contributed by atoms with Gasteiger partial charge in [0.25, 0.3) is 0 Å². The average Bonchev–Trinajstić information content (AvgIpc) is 1.41. The van der Waals surface area contributed by atoms with E-state index in [2.05, 4.69) is 136 Å². The van der Waals surface area contributed by atoms with Crippen LogP contribution in [0.1, 0.15) is 81.8 Å². The summed E-state index contributed by atoms with van der Waals surface area (Å²) in [4.78, 5) is 30.8. The molecule has 4 nitrogen and oxygen atoms in total. The van der Waals surface area contributed by atoms with E-state index in [1.807, 2.05) is 22.3 Å². The molecule has 25 saturated carbocycles. The third-order valence-electron chi connectivity index (χ3n) is 47.2. The number of allylic oxidation sites excluding steroid dienone is 18. The summed E-state index contributed by atoms with van der Waals surface area (Å²) in [5.74, 6) is 38.4. The summed E-state index contributed by atoms with van der Waals surface area (Å²) in [5, 5.41) is 0. The minimum absolute atomic E-state index is 0.0283. The predicted octanol–water partition coefficient (Wildman–Crippen LogP) is 15.9. The van der Waals surface area contributed by atoms with Crippen molar-refractivity contribution in [1.82, 2.24) is 0 Å². The van der Waals surface area contributed by atoms with Crippen LogP contribution in [-0.2, 0) is 29.9 Å². The monoisotopic (exact) mass is 1330 g/mol. The van der Waals surface area contributed by atoms with Crippen molar-refractivity contribution in [2.75, 3.05) is 14.2 Å². The first-order chi connectivity index (χ1) is 50.3. The molecule has 508 valence electrons. The quantitative estimate of drug-likeness (QED) is 0.205. The van der Waals surface area contributed by atoms with Gasteiger partial charge in [0.2, 0.25) is 0 Å². The van der Waals surface area contributed by atoms with Gasteiger partial charge >= 0.3 is 11.9 Å². The van der Waals surface area contributed by atoms with Gasteiger partial charge in [0.1, 0.15) is 5.41 Å². The molecule has 0 aromatic heterocycles. The molecule has 0 amide bonds. The standard InChI is InChI=1S/C98H92O4/c1-101-47(99)13-14-95(41-9-5-3-6-10-41)91-46-25-44-60-59-43(23-36-19-31-15-30-17-35-22-39-28-96(91,95)89-57(39)67-54(35)64-48(30)49(31)65-55(36)69(59)76-72(65)71(64)75(67)79-78(76)70(60)62(46)85(79)89)87(44)94-26-38-21-34-18-33-16-32-20-37-24-45-61-68-52(37)50(32)63-53(33)66-51(34)56(38)83-80-74(66)73(63)77(68)81-82(80)84(88(83)94)58-40(27-94)29-97(90(58)86(61)81)92(45)98(97,93(100)102-2)42-11-7-4-8-12-42/h3-12,17-18,24-26,29,31-32,34-37,39,43-44,48-51,53-55,57-59,61-67,69,71-82,84-92H,13-16,19-23,27-28H2,1-2H3. The highest BCUT2D eigenvalue weighted by Gasteiger charge is 2.98. The first-order valence-electron chi connectivity index (χ1n) is 44.1. The molecule has 2 spiro atoms. The lowest BCUT2D eigenvalue weighted by atomic mass is 9.41. The zero-order valence-corrected chi connectivity index (χ0v) is 58.9. The maximum absolute atomic E-state index is 16.5. The van der Waals surface area contributed by atoms with Crippen molar-refractivity contribution in [3.8, 4) is 0 Å². The maximum atomic E-state index is 16.5. The molecule has 0 N–H and O–H groups in total. The fourth-order valence-electron chi connectivity index (χ4n) is 49.7. The summed E-state index contributed by atoms with van der Waals surface area (Å²) in [7, 11) is 3.50. The Hall–Kier alpha value is -4.96. The van der Waals surface area contributed by atoms with Crippen LogP contribution in [0.5, 0.6) is 0 Å². The molecule has 0 bridgehead atoms. The summed E-state index contributed by atoms with van der Waals surface area (Å²) in [6, 6.07) is 24.2. The smallest absolute Gasteiger partial charge is 0.317 e. The van der Waals surface area contributed by atoms with E-state index in [1.54, 1.807) is 38.2 Å². The van der Waals surface area contributed by atoms with Crippen molar-refractivity contribution in [3.05, 3.63) is 175 Å². The average molecular weight is 1330 g/mol. The van der Waals surface area contributed by atoms with E-state index in [-0.39, 0.29) is 39.5 Å². The van der Waals surface area contributed by atoms with E-state index in [1.165, 1.54) is 50.5 Å². The lowest BCUT2D eigenvalue weighted by Crippen LogP contribution is -2.59. The van der Waals surface area contributed by atoms with Gasteiger partial charge in [-0.05, 0) is 352 Å². The van der Waals surface area contributed by atoms with Gasteiger partial charge in [-0.15, -0.1) is 0 Å². The largest absolute Gasteiger partial charge is 0.469 e. The Morgan fingerprint density at radius 3 is 1.96 bits per heavy atom. The number of fused-ring (bicyclic) bond motifs is 2. The van der Waals surface area contributed by atoms with Crippen LogP contribution in [0.3, 0.4) is 0 Å². The van der Waals surface area contributed by atoms with Crippen LogP contribution in [0.15, 0.2) is 164 Å². The number of benzene rings is 2. The van der Waals surface area contributed by atoms with Crippen LogP contribution in [0.2, 0.25) is 0 Å². The number of carbonyl (C=O) groups excluding carboxylic acids is 2. The van der Waals surface area contributed by atoms with Gasteiger partial charge in [0.05, 0.1) is 14.2 Å². The molecule has 0 aliphatic heterocycles. The summed E-state index contributed by atoms with van der Waals surface area (Å²) < 4.78 is 12.5. The molecule has 34 aliphatic rings. The summed E-state index contributed by atoms with van der Waals surface area (Å²) in [6.45, 7) is 0. The van der Waals surface area contributed by atoms with Crippen LogP contribution >= 0.6 is 0 Å². The van der Waals surface area contributed by atoms with Gasteiger partial charge in [-0.3, -0.25) is 9.59 Å². The number of esters is 2. The highest BCUT2D eigenvalue weighted by molar-refractivity contribution is 5.94. The SMILES string of the molecule is COC(=O)CCC1(c2ccccc2)C2C3=CC4C5=C6C3C3C7C6C6C8C5C(CC5CC9CC%10=CC%11CC%12CC21C3C%12C1C%11C2C%10C9C(C58)C6C2C71)C4C12C=C3CC4C=C5CC6CC7C=C8C9C%10=C7C6C6C5C5C4C3=C3C4C5C6C%10C5C4C(C4C(=CC6(C4C95)C8C6(C(=O)OC)c4ccccc4)C1)C32. The molecule has 0 saturated heterocycles. The topological polar surface area (TPSA) is 52.6 Å². The van der Waals surface area contributed by atoms with Crippen LogP contribution in [0, 0.1) is 300 Å². The van der Waals surface area contributed by atoms with Crippen LogP contribution in [0.4, 0.5) is 0 Å². The Kier molecular flexibility index (Phi) is 7.21. The molecule has 102 heavy (non-hydrogen) atoms. The molecule has 4 heteroatoms. The zero-order chi connectivity index (χ0) is 64.0. The maximum Gasteiger partial charge on any atom is 0.317 e. The van der Waals surface area contributed by atoms with E-state index >= 15 is 4.79 Å². The first-order valence-corrected chi connectivity index (χ1v) is 44.1. The van der Waals surface area contributed by atoms with Gasteiger partial charge in [0.15, 0.2) is 0 Å². The lowest BCUT2D eigenvalue weighted by molar-refractivity contribution is -0.147. The van der Waals surface area contributed by atoms with E-state index in [4.69, 9.17) is 9.47 Å². The van der Waals surface area contributed by atoms with Gasteiger partial charge < -0.3 is 9.47 Å². The van der Waals surface area contributed by atoms with Gasteiger partial charge in [-0.1, -0.05) is 153 Å². The Labute approximate surface area is 598 Å². The molecule has 34 aliphatic carbocycles. The van der Waals surface area contributed by atoms with Crippen LogP contribution in [0.25, 0.3) is 0 Å². The van der Waals surface area contributed by atoms with E-state index in [9.17, 15) is 4.79 Å². The minimum atomic E-state index is -0.678. The zero-order valence-electron chi connectivity index (χ0n) is 58.9. The Bertz CT molecular complexity index is 5180. The van der Waals surface area contributed by atoms with E-state index in [0.717, 1.165) is 214 Å². The number of rotatable bonds is 7. The number of hydrogen-bond acceptors (Lipinski definition) is 4. The van der Waals surface area contributed by atoms with Crippen molar-refractivity contribution in [1.29, 1.82) is 0 Å². The second kappa shape index (κ2) is 14.3. The third-order valence-corrected chi connectivity index (χ3v) is 47.2. The fourth-order valence-corrected chi connectivity index (χ4v) is 49.7. The summed E-state index contributed by atoms with van der Waals surface area (Å²) in [5.41, 5.74) is 27.1. The molecule has 0 heterocycles. The Morgan fingerprint density at radius 2 is 1.14 bits per heavy atom. The molecule has 25 fully saturated rings. The van der Waals surface area contributed by atoms with Crippen molar-refractivity contribution < 1.29 is 19.1 Å². The Morgan fingerprint density at radius 1 is 0.461 bits per heavy atom. The lowest BCUT2D eigenvalue weighted by Gasteiger charge is -2.62. The summed E-state index contributed by atoms with van der Waals surface area (Å²) >= 11 is 0. The molecular weight excluding hydrogens is 1240 g/mol. The second-order valence-corrected chi connectivity index (χ2v) is 45.5. The van der Waals surface area contributed by atoms with Crippen molar-refractivity contribution >= 4 is 11.9 Å². The fraction of sp³-hybridized carbons (Fsp3) is 0.673. The highest BCUT2D eigenvalue weighted by atomic mass is 16.5. The molecular formula is C98H92O4. The first kappa shape index (κ1) is 51.3. The Balaban J connectivity index is 0.662. The van der Waals surface area contributed by atoms with Crippen LogP contribution in [-0.4, -0.2) is 26.2 Å². The highest BCUT2D eigenvalue weighted by Crippen LogP contribution is 3.01. The molecule has 53 atom stereocenters. The van der Waals surface area contributed by atoms with E-state index in [0.29, 0.717) is 77.4 Å². The summed E-state index contributed by atoms with van der Waals surface area (Å²) in [6.07, 6.45) is 33.9. The van der Waals surface area contributed by atoms with Crippen LogP contribution < -0.4 is 0 Å². The normalized spacial score (nSPS) is 69.5. The van der Waals surface area contributed by atoms with E-state index < -0.39 is 5.41 Å². The van der Waals surface area contributed by atoms with Gasteiger partial charge in [-0.2, -0.15) is 0 Å². The third kappa shape index (κ3) is 4.02. The number of methoxy groups -OCH3 is 2. The van der Waals surface area contributed by atoms with Crippen molar-refractivity contribution in [2.45, 2.75) is 81.5 Å². The van der Waals surface area contributed by atoms with Gasteiger partial charge in [-0.25, -0.2) is 0 Å². The molecule has 36 rings (SSSR count). The van der Waals surface area contributed by atoms with Crippen molar-refractivity contribution in [3.63, 3.8) is 0 Å². The molecule has 2 aromatic rings. The van der Waals surface area contributed by atoms with Gasteiger partial charge in [0, 0.05) is 46.3 Å². The minimum Gasteiger partial charge on any atom is -0.469 e. The number of hydrogen-bond donors (Lipinski definition) is 0. The molecule has 53 unspecified atom stereocenters.